The molecule has 0 aromatic heterocycles. The number of benzene rings is 3. The average Bonchev–Trinajstić information content (AvgIpc) is 3.17. The molecule has 0 bridgehead atoms. The fourth-order valence-electron chi connectivity index (χ4n) is 4.42. The third-order valence-corrected chi connectivity index (χ3v) is 6.33. The van der Waals surface area contributed by atoms with Gasteiger partial charge < -0.3 is 15.2 Å². The summed E-state index contributed by atoms with van der Waals surface area (Å²) >= 11 is 0. The first kappa shape index (κ1) is 24.0. The van der Waals surface area contributed by atoms with Crippen LogP contribution in [0.3, 0.4) is 0 Å². The number of carboxylic acids is 1. The number of hydrogen-bond donors (Lipinski definition) is 3. The number of hydrogen-bond acceptors (Lipinski definition) is 4. The number of amides is 2. The SMILES string of the molecule is CC[C@@H](CC(=O)O)NC(=O)c1ccc(C)c(NC(=O)OCC2c3ccccc3-c3ccccc32)c1. The van der Waals surface area contributed by atoms with Crippen molar-refractivity contribution in [1.82, 2.24) is 5.32 Å². The smallest absolute Gasteiger partial charge is 0.411 e. The van der Waals surface area contributed by atoms with Crippen molar-refractivity contribution in [1.29, 1.82) is 0 Å². The second-order valence-corrected chi connectivity index (χ2v) is 8.66. The van der Waals surface area contributed by atoms with Gasteiger partial charge in [0.05, 0.1) is 6.42 Å². The number of rotatable bonds is 8. The van der Waals surface area contributed by atoms with E-state index in [1.807, 2.05) is 38.1 Å². The van der Waals surface area contributed by atoms with Crippen LogP contribution in [0.4, 0.5) is 10.5 Å². The number of carbonyl (C=O) groups excluding carboxylic acids is 2. The van der Waals surface area contributed by atoms with Gasteiger partial charge in [0.25, 0.3) is 5.91 Å². The van der Waals surface area contributed by atoms with Crippen molar-refractivity contribution < 1.29 is 24.2 Å². The van der Waals surface area contributed by atoms with Gasteiger partial charge in [-0.3, -0.25) is 14.9 Å². The van der Waals surface area contributed by atoms with Crippen LogP contribution in [0, 0.1) is 6.92 Å². The highest BCUT2D eigenvalue weighted by molar-refractivity contribution is 5.97. The molecular formula is C28H28N2O5. The van der Waals surface area contributed by atoms with Crippen LogP contribution in [0.25, 0.3) is 11.1 Å². The maximum Gasteiger partial charge on any atom is 0.411 e. The van der Waals surface area contributed by atoms with E-state index in [1.54, 1.807) is 18.2 Å². The van der Waals surface area contributed by atoms with E-state index in [1.165, 1.54) is 0 Å². The summed E-state index contributed by atoms with van der Waals surface area (Å²) < 4.78 is 5.61. The Hall–Kier alpha value is -4.13. The zero-order valence-electron chi connectivity index (χ0n) is 19.7. The van der Waals surface area contributed by atoms with Gasteiger partial charge >= 0.3 is 12.1 Å². The summed E-state index contributed by atoms with van der Waals surface area (Å²) in [7, 11) is 0. The molecule has 0 saturated carbocycles. The normalized spacial score (nSPS) is 12.9. The van der Waals surface area contributed by atoms with Crippen LogP contribution in [0.15, 0.2) is 66.7 Å². The van der Waals surface area contributed by atoms with Crippen LogP contribution in [-0.2, 0) is 9.53 Å². The lowest BCUT2D eigenvalue weighted by atomic mass is 9.98. The highest BCUT2D eigenvalue weighted by Gasteiger charge is 2.29. The number of fused-ring (bicyclic) bond motifs is 3. The fourth-order valence-corrected chi connectivity index (χ4v) is 4.42. The summed E-state index contributed by atoms with van der Waals surface area (Å²) in [6.07, 6.45) is -0.266. The maximum atomic E-state index is 12.7. The molecular weight excluding hydrogens is 444 g/mol. The van der Waals surface area contributed by atoms with E-state index in [4.69, 9.17) is 9.84 Å². The summed E-state index contributed by atoms with van der Waals surface area (Å²) in [6.45, 7) is 3.82. The molecule has 3 aromatic carbocycles. The minimum atomic E-state index is -0.973. The van der Waals surface area contributed by atoms with Gasteiger partial charge in [0.1, 0.15) is 6.61 Å². The lowest BCUT2D eigenvalue weighted by Crippen LogP contribution is -2.36. The highest BCUT2D eigenvalue weighted by Crippen LogP contribution is 2.44. The van der Waals surface area contributed by atoms with Crippen molar-refractivity contribution in [3.8, 4) is 11.1 Å². The summed E-state index contributed by atoms with van der Waals surface area (Å²) in [4.78, 5) is 36.3. The molecule has 180 valence electrons. The number of carboxylic acid groups (broad SMARTS) is 1. The molecule has 0 radical (unpaired) electrons. The Labute approximate surface area is 204 Å². The summed E-state index contributed by atoms with van der Waals surface area (Å²) in [5.74, 6) is -1.42. The predicted molar refractivity (Wildman–Crippen MR) is 134 cm³/mol. The van der Waals surface area contributed by atoms with E-state index >= 15 is 0 Å². The molecule has 0 spiro atoms. The third-order valence-electron chi connectivity index (χ3n) is 6.33. The van der Waals surface area contributed by atoms with E-state index in [9.17, 15) is 14.4 Å². The van der Waals surface area contributed by atoms with Gasteiger partial charge in [0.15, 0.2) is 0 Å². The van der Waals surface area contributed by atoms with Crippen molar-refractivity contribution >= 4 is 23.7 Å². The Kier molecular flexibility index (Phi) is 7.15. The maximum absolute atomic E-state index is 12.7. The van der Waals surface area contributed by atoms with Gasteiger partial charge in [0, 0.05) is 23.2 Å². The second-order valence-electron chi connectivity index (χ2n) is 8.66. The van der Waals surface area contributed by atoms with Crippen LogP contribution >= 0.6 is 0 Å². The standard InChI is InChI=1S/C28H28N2O5/c1-3-19(15-26(31)32)29-27(33)18-13-12-17(2)25(14-18)30-28(34)35-16-24-22-10-6-4-8-20(22)21-9-5-7-11-23(21)24/h4-14,19,24H,3,15-16H2,1-2H3,(H,29,33)(H,30,34)(H,31,32)/t19-/m0/s1. The van der Waals surface area contributed by atoms with Crippen molar-refractivity contribution in [3.05, 3.63) is 89.0 Å². The molecule has 0 heterocycles. The Bertz CT molecular complexity index is 1220. The molecule has 4 rings (SSSR count). The second kappa shape index (κ2) is 10.4. The molecule has 7 heteroatoms. The van der Waals surface area contributed by atoms with E-state index in [2.05, 4.69) is 34.9 Å². The van der Waals surface area contributed by atoms with Crippen molar-refractivity contribution in [2.24, 2.45) is 0 Å². The molecule has 1 aliphatic carbocycles. The highest BCUT2D eigenvalue weighted by atomic mass is 16.5. The quantitative estimate of drug-likeness (QED) is 0.411. The van der Waals surface area contributed by atoms with Crippen LogP contribution < -0.4 is 10.6 Å². The first-order valence-electron chi connectivity index (χ1n) is 11.6. The minimum Gasteiger partial charge on any atom is -0.481 e. The van der Waals surface area contributed by atoms with Crippen LogP contribution in [0.2, 0.25) is 0 Å². The number of aliphatic carboxylic acids is 1. The number of carbonyl (C=O) groups is 3. The van der Waals surface area contributed by atoms with Gasteiger partial charge in [0.2, 0.25) is 0 Å². The summed E-state index contributed by atoms with van der Waals surface area (Å²) in [6, 6.07) is 20.7. The molecule has 1 atom stereocenters. The monoisotopic (exact) mass is 472 g/mol. The molecule has 35 heavy (non-hydrogen) atoms. The number of anilines is 1. The molecule has 0 saturated heterocycles. The van der Waals surface area contributed by atoms with Gasteiger partial charge in [-0.2, -0.15) is 0 Å². The number of nitrogens with one attached hydrogen (secondary N) is 2. The van der Waals surface area contributed by atoms with E-state index in [-0.39, 0.29) is 18.9 Å². The van der Waals surface area contributed by atoms with E-state index < -0.39 is 24.0 Å². The van der Waals surface area contributed by atoms with Crippen molar-refractivity contribution in [2.75, 3.05) is 11.9 Å². The molecule has 1 aliphatic rings. The molecule has 3 aromatic rings. The molecule has 3 N–H and O–H groups in total. The largest absolute Gasteiger partial charge is 0.481 e. The van der Waals surface area contributed by atoms with Gasteiger partial charge in [-0.15, -0.1) is 0 Å². The van der Waals surface area contributed by atoms with Crippen LogP contribution in [0.5, 0.6) is 0 Å². The van der Waals surface area contributed by atoms with Crippen molar-refractivity contribution in [3.63, 3.8) is 0 Å². The summed E-state index contributed by atoms with van der Waals surface area (Å²) in [5, 5.41) is 14.5. The zero-order chi connectivity index (χ0) is 24.9. The van der Waals surface area contributed by atoms with Gasteiger partial charge in [-0.25, -0.2) is 4.79 Å². The van der Waals surface area contributed by atoms with Crippen LogP contribution in [-0.4, -0.2) is 35.7 Å². The molecule has 7 nitrogen and oxygen atoms in total. The lowest BCUT2D eigenvalue weighted by molar-refractivity contribution is -0.137. The van der Waals surface area contributed by atoms with E-state index in [0.717, 1.165) is 27.8 Å². The summed E-state index contributed by atoms with van der Waals surface area (Å²) in [5.41, 5.74) is 6.12. The minimum absolute atomic E-state index is 0.0495. The molecule has 0 fully saturated rings. The first-order chi connectivity index (χ1) is 16.9. The first-order valence-corrected chi connectivity index (χ1v) is 11.6. The molecule has 0 unspecified atom stereocenters. The zero-order valence-corrected chi connectivity index (χ0v) is 19.7. The molecule has 2 amide bonds. The number of ether oxygens (including phenoxy) is 1. The van der Waals surface area contributed by atoms with Gasteiger partial charge in [-0.05, 0) is 53.3 Å². The lowest BCUT2D eigenvalue weighted by Gasteiger charge is -2.17. The Morgan fingerprint density at radius 1 is 0.971 bits per heavy atom. The average molecular weight is 473 g/mol. The molecule has 0 aliphatic heterocycles. The Morgan fingerprint density at radius 3 is 2.20 bits per heavy atom. The number of aryl methyl sites for hydroxylation is 1. The Morgan fingerprint density at radius 2 is 1.60 bits per heavy atom. The van der Waals surface area contributed by atoms with Crippen molar-refractivity contribution in [2.45, 2.75) is 38.6 Å². The fraction of sp³-hybridized carbons (Fsp3) is 0.250. The predicted octanol–water partition coefficient (Wildman–Crippen LogP) is 5.34. The van der Waals surface area contributed by atoms with Crippen LogP contribution in [0.1, 0.15) is 52.7 Å². The topological polar surface area (TPSA) is 105 Å². The Balaban J connectivity index is 1.43. The third kappa shape index (κ3) is 5.35. The van der Waals surface area contributed by atoms with Gasteiger partial charge in [-0.1, -0.05) is 61.5 Å². The van der Waals surface area contributed by atoms with E-state index in [0.29, 0.717) is 17.7 Å².